The van der Waals surface area contributed by atoms with Crippen molar-refractivity contribution >= 4 is 16.8 Å². The highest BCUT2D eigenvalue weighted by Crippen LogP contribution is 2.37. The van der Waals surface area contributed by atoms with E-state index in [1.165, 1.54) is 59.7 Å². The number of aromatic nitrogens is 1. The van der Waals surface area contributed by atoms with Gasteiger partial charge in [-0.15, -0.1) is 0 Å². The predicted octanol–water partition coefficient (Wildman–Crippen LogP) is 6.26. The van der Waals surface area contributed by atoms with E-state index < -0.39 is 0 Å². The molecular formula is C31H41N3O. The van der Waals surface area contributed by atoms with Crippen molar-refractivity contribution in [1.82, 2.24) is 14.8 Å². The van der Waals surface area contributed by atoms with Crippen LogP contribution in [0.1, 0.15) is 74.0 Å². The summed E-state index contributed by atoms with van der Waals surface area (Å²) >= 11 is 0. The Morgan fingerprint density at radius 3 is 2.57 bits per heavy atom. The number of amides is 1. The Hall–Kier alpha value is -2.59. The van der Waals surface area contributed by atoms with E-state index in [0.717, 1.165) is 38.4 Å². The Morgan fingerprint density at radius 2 is 1.80 bits per heavy atom. The van der Waals surface area contributed by atoms with Gasteiger partial charge < -0.3 is 14.8 Å². The Balaban J connectivity index is 1.50. The molecule has 0 radical (unpaired) electrons. The molecule has 1 aliphatic carbocycles. The number of piperidine rings is 1. The van der Waals surface area contributed by atoms with Gasteiger partial charge in [0, 0.05) is 49.1 Å². The summed E-state index contributed by atoms with van der Waals surface area (Å²) in [6, 6.07) is 17.9. The quantitative estimate of drug-likeness (QED) is 0.441. The maximum Gasteiger partial charge on any atom is 0.223 e. The average molecular weight is 472 g/mol. The highest BCUT2D eigenvalue weighted by atomic mass is 16.2. The normalized spacial score (nSPS) is 18.6. The fraction of sp³-hybridized carbons (Fsp3) is 0.516. The lowest BCUT2D eigenvalue weighted by Crippen LogP contribution is -2.44. The van der Waals surface area contributed by atoms with Gasteiger partial charge >= 0.3 is 0 Å². The molecule has 2 fully saturated rings. The first-order chi connectivity index (χ1) is 17.1. The minimum absolute atomic E-state index is 0.0593. The number of hydrogen-bond donors (Lipinski definition) is 1. The minimum atomic E-state index is 0.0593. The Bertz CT molecular complexity index is 1140. The van der Waals surface area contributed by atoms with E-state index in [2.05, 4.69) is 71.5 Å². The maximum atomic E-state index is 13.6. The van der Waals surface area contributed by atoms with Crippen molar-refractivity contribution in [1.29, 1.82) is 0 Å². The van der Waals surface area contributed by atoms with Gasteiger partial charge in [0.15, 0.2) is 0 Å². The second kappa shape index (κ2) is 11.0. The van der Waals surface area contributed by atoms with Crippen molar-refractivity contribution < 1.29 is 4.79 Å². The molecule has 2 aliphatic rings. The molecule has 1 atom stereocenters. The molecule has 5 rings (SSSR count). The fourth-order valence-electron chi connectivity index (χ4n) is 6.36. The first-order valence-electron chi connectivity index (χ1n) is 13.7. The van der Waals surface area contributed by atoms with Crippen LogP contribution in [0.4, 0.5) is 0 Å². The Kier molecular flexibility index (Phi) is 7.57. The number of nitrogens with one attached hydrogen (secondary N) is 1. The number of para-hydroxylation sites is 1. The third-order valence-electron chi connectivity index (χ3n) is 8.45. The number of carbonyl (C=O) groups is 1. The lowest BCUT2D eigenvalue weighted by Gasteiger charge is -2.32. The van der Waals surface area contributed by atoms with Crippen molar-refractivity contribution in [2.45, 2.75) is 76.8 Å². The summed E-state index contributed by atoms with van der Waals surface area (Å²) in [7, 11) is 2.01. The summed E-state index contributed by atoms with van der Waals surface area (Å²) in [6.07, 6.45) is 11.8. The van der Waals surface area contributed by atoms with Crippen LogP contribution in [0.5, 0.6) is 0 Å². The predicted molar refractivity (Wildman–Crippen MR) is 145 cm³/mol. The zero-order valence-electron chi connectivity index (χ0n) is 21.5. The van der Waals surface area contributed by atoms with Gasteiger partial charge in [0.05, 0.1) is 0 Å². The lowest BCUT2D eigenvalue weighted by atomic mass is 9.87. The highest BCUT2D eigenvalue weighted by molar-refractivity contribution is 5.86. The van der Waals surface area contributed by atoms with Crippen LogP contribution in [0.2, 0.25) is 0 Å². The Labute approximate surface area is 210 Å². The molecule has 4 nitrogen and oxygen atoms in total. The van der Waals surface area contributed by atoms with Crippen LogP contribution in [-0.2, 0) is 11.3 Å². The molecule has 0 spiro atoms. The molecule has 1 aromatic heterocycles. The number of hydrogen-bond acceptors (Lipinski definition) is 2. The molecule has 1 N–H and O–H groups in total. The fourth-order valence-corrected chi connectivity index (χ4v) is 6.36. The first kappa shape index (κ1) is 24.1. The molecule has 2 heterocycles. The number of carbonyl (C=O) groups excluding carboxylic acids is 1. The van der Waals surface area contributed by atoms with Crippen LogP contribution in [0.25, 0.3) is 10.9 Å². The van der Waals surface area contributed by atoms with Gasteiger partial charge in [0.1, 0.15) is 0 Å². The molecule has 1 unspecified atom stereocenters. The van der Waals surface area contributed by atoms with Gasteiger partial charge in [-0.1, -0.05) is 67.3 Å². The number of nitrogens with zero attached hydrogens (tertiary/aromatic N) is 2. The third kappa shape index (κ3) is 5.48. The molecule has 1 saturated heterocycles. The molecule has 1 aliphatic heterocycles. The van der Waals surface area contributed by atoms with Crippen LogP contribution in [0.3, 0.4) is 0 Å². The van der Waals surface area contributed by atoms with Gasteiger partial charge in [0.2, 0.25) is 5.91 Å². The first-order valence-corrected chi connectivity index (χ1v) is 13.7. The number of aryl methyl sites for hydroxylation is 1. The van der Waals surface area contributed by atoms with E-state index in [1.807, 2.05) is 11.9 Å². The van der Waals surface area contributed by atoms with Crippen LogP contribution >= 0.6 is 0 Å². The summed E-state index contributed by atoms with van der Waals surface area (Å²) in [5.74, 6) is 1.08. The van der Waals surface area contributed by atoms with Crippen LogP contribution in [-0.4, -0.2) is 41.6 Å². The topological polar surface area (TPSA) is 37.3 Å². The van der Waals surface area contributed by atoms with E-state index in [1.54, 1.807) is 0 Å². The van der Waals surface area contributed by atoms with E-state index in [4.69, 9.17) is 0 Å². The van der Waals surface area contributed by atoms with E-state index in [-0.39, 0.29) is 11.8 Å². The minimum Gasteiger partial charge on any atom is -0.347 e. The molecule has 1 saturated carbocycles. The number of fused-ring (bicyclic) bond motifs is 1. The summed E-state index contributed by atoms with van der Waals surface area (Å²) in [6.45, 7) is 5.23. The molecule has 3 aromatic rings. The van der Waals surface area contributed by atoms with Crippen molar-refractivity contribution in [2.75, 3.05) is 20.1 Å². The lowest BCUT2D eigenvalue weighted by molar-refractivity contribution is -0.132. The second-order valence-electron chi connectivity index (χ2n) is 10.9. The van der Waals surface area contributed by atoms with Gasteiger partial charge in [-0.3, -0.25) is 4.79 Å². The summed E-state index contributed by atoms with van der Waals surface area (Å²) in [5.41, 5.74) is 5.11. The van der Waals surface area contributed by atoms with Crippen LogP contribution in [0, 0.1) is 12.8 Å². The zero-order valence-corrected chi connectivity index (χ0v) is 21.5. The van der Waals surface area contributed by atoms with Crippen LogP contribution in [0.15, 0.2) is 54.7 Å². The van der Waals surface area contributed by atoms with Crippen molar-refractivity contribution in [3.05, 3.63) is 71.4 Å². The summed E-state index contributed by atoms with van der Waals surface area (Å²) in [5, 5.41) is 4.72. The number of benzene rings is 2. The molecule has 186 valence electrons. The van der Waals surface area contributed by atoms with Gasteiger partial charge in [0.25, 0.3) is 0 Å². The SMILES string of the molecule is Cc1cccc(C(CC(=O)N(C)C2CCNCC2)c2cn(CC3CCCCC3)c3ccccc23)c1. The highest BCUT2D eigenvalue weighted by Gasteiger charge is 2.28. The number of rotatable bonds is 7. The molecule has 0 bridgehead atoms. The van der Waals surface area contributed by atoms with Gasteiger partial charge in [-0.2, -0.15) is 0 Å². The van der Waals surface area contributed by atoms with Crippen LogP contribution < -0.4 is 5.32 Å². The summed E-state index contributed by atoms with van der Waals surface area (Å²) < 4.78 is 2.49. The van der Waals surface area contributed by atoms with E-state index in [9.17, 15) is 4.79 Å². The standard InChI is InChI=1S/C31H41N3O/c1-23-9-8-12-25(19-23)28(20-31(35)33(2)26-15-17-32-18-16-26)29-22-34(21-24-10-4-3-5-11-24)30-14-7-6-13-27(29)30/h6-9,12-14,19,22,24,26,28,32H,3-5,10-11,15-18,20-21H2,1-2H3. The molecule has 2 aromatic carbocycles. The smallest absolute Gasteiger partial charge is 0.223 e. The molecular weight excluding hydrogens is 430 g/mol. The monoisotopic (exact) mass is 471 g/mol. The van der Waals surface area contributed by atoms with Gasteiger partial charge in [-0.05, 0) is 68.8 Å². The maximum absolute atomic E-state index is 13.6. The largest absolute Gasteiger partial charge is 0.347 e. The molecule has 1 amide bonds. The Morgan fingerprint density at radius 1 is 1.03 bits per heavy atom. The van der Waals surface area contributed by atoms with Crippen molar-refractivity contribution in [3.63, 3.8) is 0 Å². The molecule has 4 heteroatoms. The van der Waals surface area contributed by atoms with Gasteiger partial charge in [-0.25, -0.2) is 0 Å². The second-order valence-corrected chi connectivity index (χ2v) is 10.9. The zero-order chi connectivity index (χ0) is 24.2. The van der Waals surface area contributed by atoms with E-state index >= 15 is 0 Å². The average Bonchev–Trinajstić information content (AvgIpc) is 3.25. The van der Waals surface area contributed by atoms with E-state index in [0.29, 0.717) is 12.5 Å². The van der Waals surface area contributed by atoms with Crippen molar-refractivity contribution in [3.8, 4) is 0 Å². The third-order valence-corrected chi connectivity index (χ3v) is 8.45. The summed E-state index contributed by atoms with van der Waals surface area (Å²) in [4.78, 5) is 15.7. The van der Waals surface area contributed by atoms with Crippen molar-refractivity contribution in [2.24, 2.45) is 5.92 Å². The molecule has 35 heavy (non-hydrogen) atoms.